The molecule has 2 heterocycles. The molecule has 0 atom stereocenters. The number of fused-ring (bicyclic) bond motifs is 1. The van der Waals surface area contributed by atoms with Gasteiger partial charge in [0.1, 0.15) is 6.67 Å². The van der Waals surface area contributed by atoms with Crippen molar-refractivity contribution >= 4 is 5.91 Å². The van der Waals surface area contributed by atoms with E-state index >= 15 is 0 Å². The zero-order valence-electron chi connectivity index (χ0n) is 14.4. The van der Waals surface area contributed by atoms with Gasteiger partial charge in [0.05, 0.1) is 6.61 Å². The van der Waals surface area contributed by atoms with Crippen LogP contribution in [-0.4, -0.2) is 35.3 Å². The summed E-state index contributed by atoms with van der Waals surface area (Å²) in [5.74, 6) is -0.0447. The van der Waals surface area contributed by atoms with Gasteiger partial charge in [0.15, 0.2) is 11.4 Å². The van der Waals surface area contributed by atoms with E-state index in [0.717, 1.165) is 19.3 Å². The van der Waals surface area contributed by atoms with Gasteiger partial charge >= 0.3 is 0 Å². The van der Waals surface area contributed by atoms with Crippen molar-refractivity contribution < 1.29 is 9.53 Å². The van der Waals surface area contributed by atoms with Crippen molar-refractivity contribution in [2.75, 3.05) is 25.2 Å². The fourth-order valence-corrected chi connectivity index (χ4v) is 2.78. The minimum absolute atomic E-state index is 0.137. The first kappa shape index (κ1) is 17.1. The van der Waals surface area contributed by atoms with E-state index in [1.54, 1.807) is 15.8 Å². The highest BCUT2D eigenvalue weighted by Crippen LogP contribution is 2.19. The Morgan fingerprint density at radius 3 is 2.72 bits per heavy atom. The number of ether oxygens (including phenoxy) is 1. The number of carbonyl (C=O) groups excluding carboxylic acids is 1. The largest absolute Gasteiger partial charge is 0.487 e. The maximum absolute atomic E-state index is 12.9. The Morgan fingerprint density at radius 2 is 1.96 bits per heavy atom. The Labute approximate surface area is 147 Å². The first-order valence-electron chi connectivity index (χ1n) is 8.66. The van der Waals surface area contributed by atoms with E-state index in [-0.39, 0.29) is 22.8 Å². The van der Waals surface area contributed by atoms with Gasteiger partial charge in [0.25, 0.3) is 5.91 Å². The molecule has 132 valence electrons. The maximum Gasteiger partial charge on any atom is 0.277 e. The molecule has 0 radical (unpaired) electrons. The van der Waals surface area contributed by atoms with Crippen molar-refractivity contribution in [3.05, 3.63) is 64.1 Å². The van der Waals surface area contributed by atoms with E-state index in [4.69, 9.17) is 4.74 Å². The van der Waals surface area contributed by atoms with Crippen molar-refractivity contribution in [1.29, 1.82) is 0 Å². The van der Waals surface area contributed by atoms with Crippen LogP contribution in [0.3, 0.4) is 0 Å². The van der Waals surface area contributed by atoms with Gasteiger partial charge in [-0.3, -0.25) is 14.3 Å². The highest BCUT2D eigenvalue weighted by Gasteiger charge is 2.28. The standard InChI is InChI=1S/C19H23N3O3/c1-2-3-13-25-18-16(23)10-12-22-17(18)19(24)21(14-20-22)11-9-15-7-5-4-6-8-15/h4-8,10,12,20H,2-3,9,11,13-14H2,1H3. The fourth-order valence-electron chi connectivity index (χ4n) is 2.78. The molecule has 1 N–H and O–H groups in total. The van der Waals surface area contributed by atoms with Gasteiger partial charge < -0.3 is 15.1 Å². The highest BCUT2D eigenvalue weighted by molar-refractivity contribution is 5.96. The van der Waals surface area contributed by atoms with E-state index in [2.05, 4.69) is 12.3 Å². The number of nitrogens with zero attached hydrogens (tertiary/aromatic N) is 2. The molecule has 0 fully saturated rings. The van der Waals surface area contributed by atoms with Crippen LogP contribution in [0.25, 0.3) is 0 Å². The van der Waals surface area contributed by atoms with Gasteiger partial charge in [-0.25, -0.2) is 0 Å². The quantitative estimate of drug-likeness (QED) is 0.785. The van der Waals surface area contributed by atoms with Crippen molar-refractivity contribution in [2.24, 2.45) is 0 Å². The van der Waals surface area contributed by atoms with Gasteiger partial charge in [-0.05, 0) is 18.4 Å². The first-order chi connectivity index (χ1) is 12.2. The Morgan fingerprint density at radius 1 is 1.16 bits per heavy atom. The average Bonchev–Trinajstić information content (AvgIpc) is 2.64. The summed E-state index contributed by atoms with van der Waals surface area (Å²) in [6.45, 7) is 3.46. The number of unbranched alkanes of at least 4 members (excludes halogenated alkanes) is 1. The molecule has 6 heteroatoms. The van der Waals surface area contributed by atoms with Crippen LogP contribution >= 0.6 is 0 Å². The molecule has 3 rings (SSSR count). The smallest absolute Gasteiger partial charge is 0.277 e. The number of aromatic nitrogens is 1. The second-order valence-electron chi connectivity index (χ2n) is 6.05. The highest BCUT2D eigenvalue weighted by atomic mass is 16.5. The van der Waals surface area contributed by atoms with Crippen molar-refractivity contribution in [3.63, 3.8) is 0 Å². The fraction of sp³-hybridized carbons (Fsp3) is 0.368. The van der Waals surface area contributed by atoms with Crippen LogP contribution in [0.5, 0.6) is 5.75 Å². The van der Waals surface area contributed by atoms with E-state index in [9.17, 15) is 9.59 Å². The molecule has 0 aliphatic carbocycles. The molecular weight excluding hydrogens is 318 g/mol. The molecule has 0 bridgehead atoms. The normalized spacial score (nSPS) is 13.3. The molecule has 0 unspecified atom stereocenters. The molecule has 1 aliphatic heterocycles. The van der Waals surface area contributed by atoms with E-state index in [1.807, 2.05) is 30.3 Å². The van der Waals surface area contributed by atoms with Gasteiger partial charge in [0, 0.05) is 18.8 Å². The minimum atomic E-state index is -0.262. The van der Waals surface area contributed by atoms with Gasteiger partial charge in [0.2, 0.25) is 5.43 Å². The summed E-state index contributed by atoms with van der Waals surface area (Å²) in [5, 5.41) is 0. The minimum Gasteiger partial charge on any atom is -0.487 e. The van der Waals surface area contributed by atoms with Gasteiger partial charge in [-0.15, -0.1) is 0 Å². The maximum atomic E-state index is 12.9. The van der Waals surface area contributed by atoms with Crippen molar-refractivity contribution in [3.8, 4) is 5.75 Å². The number of amides is 1. The summed E-state index contributed by atoms with van der Waals surface area (Å²) in [5.41, 5.74) is 4.33. The Hall–Kier alpha value is -2.76. The number of rotatable bonds is 7. The third-order valence-electron chi connectivity index (χ3n) is 4.23. The van der Waals surface area contributed by atoms with Crippen LogP contribution in [0.15, 0.2) is 47.4 Å². The number of hydrogen-bond acceptors (Lipinski definition) is 4. The summed E-state index contributed by atoms with van der Waals surface area (Å²) in [6, 6.07) is 11.4. The molecule has 0 saturated carbocycles. The zero-order valence-corrected chi connectivity index (χ0v) is 14.4. The number of benzene rings is 1. The average molecular weight is 341 g/mol. The van der Waals surface area contributed by atoms with Crippen LogP contribution in [0.2, 0.25) is 0 Å². The summed E-state index contributed by atoms with van der Waals surface area (Å²) in [6.07, 6.45) is 4.15. The molecule has 0 spiro atoms. The Bertz CT molecular complexity index is 786. The van der Waals surface area contributed by atoms with Gasteiger partial charge in [-0.2, -0.15) is 0 Å². The molecule has 1 aliphatic rings. The predicted molar refractivity (Wildman–Crippen MR) is 96.5 cm³/mol. The molecule has 6 nitrogen and oxygen atoms in total. The number of nitrogens with one attached hydrogen (secondary N) is 1. The van der Waals surface area contributed by atoms with Gasteiger partial charge in [-0.1, -0.05) is 43.7 Å². The van der Waals surface area contributed by atoms with Crippen LogP contribution in [0.1, 0.15) is 35.8 Å². The number of pyridine rings is 1. The van der Waals surface area contributed by atoms with E-state index in [0.29, 0.717) is 19.8 Å². The number of carbonyl (C=O) groups is 1. The molecule has 2 aromatic rings. The summed E-state index contributed by atoms with van der Waals surface area (Å²) in [7, 11) is 0. The molecule has 1 amide bonds. The van der Waals surface area contributed by atoms with Crippen LogP contribution in [0.4, 0.5) is 0 Å². The van der Waals surface area contributed by atoms with Crippen molar-refractivity contribution in [1.82, 2.24) is 9.58 Å². The van der Waals surface area contributed by atoms with Crippen LogP contribution in [-0.2, 0) is 6.42 Å². The zero-order chi connectivity index (χ0) is 17.6. The molecule has 0 saturated heterocycles. The Balaban J connectivity index is 1.78. The summed E-state index contributed by atoms with van der Waals surface area (Å²) < 4.78 is 7.22. The monoisotopic (exact) mass is 341 g/mol. The molecular formula is C19H23N3O3. The summed E-state index contributed by atoms with van der Waals surface area (Å²) >= 11 is 0. The molecule has 25 heavy (non-hydrogen) atoms. The third-order valence-corrected chi connectivity index (χ3v) is 4.23. The SMILES string of the molecule is CCCCOc1c2n(ccc1=O)NCN(CCc1ccccc1)C2=O. The lowest BCUT2D eigenvalue weighted by molar-refractivity contribution is 0.0722. The van der Waals surface area contributed by atoms with E-state index in [1.165, 1.54) is 11.6 Å². The Kier molecular flexibility index (Phi) is 5.38. The summed E-state index contributed by atoms with van der Waals surface area (Å²) in [4.78, 5) is 26.8. The lowest BCUT2D eigenvalue weighted by atomic mass is 10.1. The number of hydrogen-bond donors (Lipinski definition) is 1. The van der Waals surface area contributed by atoms with Crippen LogP contribution in [0, 0.1) is 0 Å². The lowest BCUT2D eigenvalue weighted by Gasteiger charge is -2.31. The molecule has 1 aromatic carbocycles. The third kappa shape index (κ3) is 3.84. The van der Waals surface area contributed by atoms with Crippen molar-refractivity contribution in [2.45, 2.75) is 26.2 Å². The second kappa shape index (κ2) is 7.88. The second-order valence-corrected chi connectivity index (χ2v) is 6.05. The first-order valence-corrected chi connectivity index (χ1v) is 8.66. The lowest BCUT2D eigenvalue weighted by Crippen LogP contribution is -2.47. The van der Waals surface area contributed by atoms with E-state index < -0.39 is 0 Å². The molecule has 1 aromatic heterocycles. The predicted octanol–water partition coefficient (Wildman–Crippen LogP) is 2.23. The van der Waals surface area contributed by atoms with Crippen LogP contribution < -0.4 is 15.6 Å². The topological polar surface area (TPSA) is 63.6 Å².